The number of aromatic nitrogens is 2. The number of nitrogens with two attached hydrogens (primary N) is 1. The molecule has 1 unspecified atom stereocenters. The van der Waals surface area contributed by atoms with Crippen LogP contribution in [0.5, 0.6) is 0 Å². The molecule has 0 aromatic carbocycles. The Bertz CT molecular complexity index is 412. The van der Waals surface area contributed by atoms with Crippen LogP contribution in [0.4, 0.5) is 0 Å². The molecular formula is C11H17N3O2. The van der Waals surface area contributed by atoms with E-state index in [4.69, 9.17) is 10.8 Å². The molecule has 0 saturated carbocycles. The Morgan fingerprint density at radius 1 is 1.62 bits per heavy atom. The molecule has 16 heavy (non-hydrogen) atoms. The third-order valence-electron chi connectivity index (χ3n) is 3.09. The fourth-order valence-electron chi connectivity index (χ4n) is 2.29. The first-order chi connectivity index (χ1) is 7.65. The number of hydrogen-bond donors (Lipinski definition) is 2. The Morgan fingerprint density at radius 2 is 2.38 bits per heavy atom. The van der Waals surface area contributed by atoms with Crippen molar-refractivity contribution in [2.45, 2.75) is 45.2 Å². The van der Waals surface area contributed by atoms with E-state index in [1.54, 1.807) is 0 Å². The summed E-state index contributed by atoms with van der Waals surface area (Å²) in [5.74, 6) is 0.0118. The van der Waals surface area contributed by atoms with Gasteiger partial charge in [-0.15, -0.1) is 0 Å². The molecule has 5 heteroatoms. The largest absolute Gasteiger partial charge is 0.480 e. The molecule has 2 rings (SSSR count). The maximum absolute atomic E-state index is 11.0. The Labute approximate surface area is 94.3 Å². The number of aliphatic carboxylic acids is 1. The van der Waals surface area contributed by atoms with Crippen molar-refractivity contribution >= 4 is 5.97 Å². The van der Waals surface area contributed by atoms with E-state index in [2.05, 4.69) is 4.98 Å². The number of carbonyl (C=O) groups is 1. The lowest BCUT2D eigenvalue weighted by Gasteiger charge is -2.18. The summed E-state index contributed by atoms with van der Waals surface area (Å²) in [6.45, 7) is 2.82. The minimum Gasteiger partial charge on any atom is -0.480 e. The van der Waals surface area contributed by atoms with Crippen LogP contribution < -0.4 is 5.73 Å². The highest BCUT2D eigenvalue weighted by atomic mass is 16.4. The lowest BCUT2D eigenvalue weighted by atomic mass is 10.1. The molecular weight excluding hydrogens is 206 g/mol. The molecule has 0 spiro atoms. The van der Waals surface area contributed by atoms with Crippen molar-refractivity contribution in [1.29, 1.82) is 0 Å². The van der Waals surface area contributed by atoms with Crippen LogP contribution in [-0.4, -0.2) is 20.6 Å². The lowest BCUT2D eigenvalue weighted by molar-refractivity contribution is -0.138. The maximum Gasteiger partial charge on any atom is 0.326 e. The molecule has 0 bridgehead atoms. The third kappa shape index (κ3) is 1.71. The molecule has 0 saturated heterocycles. The van der Waals surface area contributed by atoms with E-state index in [1.165, 1.54) is 0 Å². The number of carboxylic acid groups (broad SMARTS) is 1. The fraction of sp³-hybridized carbons (Fsp3) is 0.636. The average molecular weight is 223 g/mol. The molecule has 0 fully saturated rings. The first-order valence-electron chi connectivity index (χ1n) is 5.71. The van der Waals surface area contributed by atoms with Gasteiger partial charge >= 0.3 is 5.97 Å². The molecule has 1 aliphatic heterocycles. The van der Waals surface area contributed by atoms with Crippen LogP contribution in [0, 0.1) is 0 Å². The summed E-state index contributed by atoms with van der Waals surface area (Å²) < 4.78 is 2.00. The van der Waals surface area contributed by atoms with Crippen molar-refractivity contribution in [2.24, 2.45) is 5.73 Å². The molecule has 2 heterocycles. The number of hydrogen-bond acceptors (Lipinski definition) is 3. The van der Waals surface area contributed by atoms with Crippen molar-refractivity contribution < 1.29 is 9.90 Å². The van der Waals surface area contributed by atoms with E-state index < -0.39 is 12.0 Å². The zero-order valence-electron chi connectivity index (χ0n) is 9.44. The summed E-state index contributed by atoms with van der Waals surface area (Å²) in [6.07, 6.45) is 3.86. The smallest absolute Gasteiger partial charge is 0.326 e. The van der Waals surface area contributed by atoms with E-state index in [9.17, 15) is 4.79 Å². The molecule has 1 aliphatic rings. The maximum atomic E-state index is 11.0. The van der Waals surface area contributed by atoms with Crippen LogP contribution in [0.1, 0.15) is 43.0 Å². The first kappa shape index (κ1) is 11.1. The van der Waals surface area contributed by atoms with Gasteiger partial charge < -0.3 is 15.4 Å². The van der Waals surface area contributed by atoms with E-state index in [0.717, 1.165) is 43.7 Å². The Balaban J connectivity index is 2.48. The number of carboxylic acids is 1. The number of rotatable bonds is 3. The van der Waals surface area contributed by atoms with Gasteiger partial charge in [0.2, 0.25) is 0 Å². The van der Waals surface area contributed by atoms with Gasteiger partial charge in [-0.2, -0.15) is 0 Å². The zero-order chi connectivity index (χ0) is 11.7. The standard InChI is InChI=1S/C11H17N3O2/c1-2-7-10(9(12)11(15)16)14-6-4-3-5-8(14)13-7/h9H,2-6,12H2,1H3,(H,15,16). The molecule has 1 aromatic heterocycles. The van der Waals surface area contributed by atoms with Gasteiger partial charge in [0, 0.05) is 13.0 Å². The quantitative estimate of drug-likeness (QED) is 0.796. The van der Waals surface area contributed by atoms with E-state index >= 15 is 0 Å². The monoisotopic (exact) mass is 223 g/mol. The number of imidazole rings is 1. The molecule has 0 aliphatic carbocycles. The summed E-state index contributed by atoms with van der Waals surface area (Å²) in [6, 6.07) is -0.950. The summed E-state index contributed by atoms with van der Waals surface area (Å²) in [5, 5.41) is 9.01. The van der Waals surface area contributed by atoms with Gasteiger partial charge in [0.05, 0.1) is 11.4 Å². The predicted octanol–water partition coefficient (Wildman–Crippen LogP) is 0.866. The molecule has 5 nitrogen and oxygen atoms in total. The van der Waals surface area contributed by atoms with Crippen LogP contribution >= 0.6 is 0 Å². The minimum absolute atomic E-state index is 0.699. The van der Waals surface area contributed by atoms with Crippen molar-refractivity contribution in [1.82, 2.24) is 9.55 Å². The average Bonchev–Trinajstić information content (AvgIpc) is 2.66. The van der Waals surface area contributed by atoms with Crippen LogP contribution in [0.25, 0.3) is 0 Å². The van der Waals surface area contributed by atoms with Gasteiger partial charge in [-0.25, -0.2) is 4.98 Å². The van der Waals surface area contributed by atoms with Crippen LogP contribution in [0.3, 0.4) is 0 Å². The molecule has 1 aromatic rings. The fourth-order valence-corrected chi connectivity index (χ4v) is 2.29. The Hall–Kier alpha value is -1.36. The Morgan fingerprint density at radius 3 is 3.00 bits per heavy atom. The van der Waals surface area contributed by atoms with Gasteiger partial charge in [-0.3, -0.25) is 4.79 Å². The van der Waals surface area contributed by atoms with E-state index in [1.807, 2.05) is 11.5 Å². The summed E-state index contributed by atoms with van der Waals surface area (Å²) >= 11 is 0. The molecule has 88 valence electrons. The van der Waals surface area contributed by atoms with Crippen LogP contribution in [0.15, 0.2) is 0 Å². The highest BCUT2D eigenvalue weighted by Gasteiger charge is 2.26. The van der Waals surface area contributed by atoms with Crippen LogP contribution in [0.2, 0.25) is 0 Å². The molecule has 1 atom stereocenters. The zero-order valence-corrected chi connectivity index (χ0v) is 9.44. The van der Waals surface area contributed by atoms with Gasteiger partial charge in [-0.1, -0.05) is 6.92 Å². The number of nitrogens with zero attached hydrogens (tertiary/aromatic N) is 2. The first-order valence-corrected chi connectivity index (χ1v) is 5.71. The summed E-state index contributed by atoms with van der Waals surface area (Å²) in [4.78, 5) is 15.5. The number of fused-ring (bicyclic) bond motifs is 1. The van der Waals surface area contributed by atoms with Crippen molar-refractivity contribution in [2.75, 3.05) is 0 Å². The number of aryl methyl sites for hydroxylation is 2. The van der Waals surface area contributed by atoms with Gasteiger partial charge in [0.1, 0.15) is 11.9 Å². The third-order valence-corrected chi connectivity index (χ3v) is 3.09. The molecule has 0 radical (unpaired) electrons. The predicted molar refractivity (Wildman–Crippen MR) is 59.1 cm³/mol. The van der Waals surface area contributed by atoms with Gasteiger partial charge in [-0.05, 0) is 19.3 Å². The van der Waals surface area contributed by atoms with Crippen molar-refractivity contribution in [3.05, 3.63) is 17.2 Å². The highest BCUT2D eigenvalue weighted by Crippen LogP contribution is 2.24. The summed E-state index contributed by atoms with van der Waals surface area (Å²) in [5.41, 5.74) is 7.26. The normalized spacial score (nSPS) is 16.9. The second-order valence-electron chi connectivity index (χ2n) is 4.14. The highest BCUT2D eigenvalue weighted by molar-refractivity contribution is 5.75. The van der Waals surface area contributed by atoms with E-state index in [-0.39, 0.29) is 0 Å². The van der Waals surface area contributed by atoms with E-state index in [0.29, 0.717) is 5.69 Å². The summed E-state index contributed by atoms with van der Waals surface area (Å²) in [7, 11) is 0. The minimum atomic E-state index is -0.983. The lowest BCUT2D eigenvalue weighted by Crippen LogP contribution is -2.26. The van der Waals surface area contributed by atoms with Gasteiger partial charge in [0.25, 0.3) is 0 Å². The SMILES string of the molecule is CCc1nc2n(c1C(N)C(=O)O)CCCC2. The Kier molecular flexibility index (Phi) is 2.96. The van der Waals surface area contributed by atoms with Crippen molar-refractivity contribution in [3.8, 4) is 0 Å². The second-order valence-corrected chi connectivity index (χ2v) is 4.14. The van der Waals surface area contributed by atoms with Crippen molar-refractivity contribution in [3.63, 3.8) is 0 Å². The van der Waals surface area contributed by atoms with Crippen LogP contribution in [-0.2, 0) is 24.2 Å². The topological polar surface area (TPSA) is 81.1 Å². The second kappa shape index (κ2) is 4.25. The van der Waals surface area contributed by atoms with Gasteiger partial charge in [0.15, 0.2) is 0 Å². The molecule has 3 N–H and O–H groups in total. The molecule has 0 amide bonds.